The molecule has 0 fully saturated rings. The lowest BCUT2D eigenvalue weighted by atomic mass is 10.0. The molecule has 5 nitrogen and oxygen atoms in total. The van der Waals surface area contributed by atoms with Crippen molar-refractivity contribution in [1.82, 2.24) is 0 Å². The number of hydrogen-bond donors (Lipinski definition) is 1. The summed E-state index contributed by atoms with van der Waals surface area (Å²) in [5.41, 5.74) is 6.37. The van der Waals surface area contributed by atoms with Crippen molar-refractivity contribution in [3.05, 3.63) is 23.3 Å². The fourth-order valence-corrected chi connectivity index (χ4v) is 1.67. The Labute approximate surface area is 106 Å². The average Bonchev–Trinajstić information content (AvgIpc) is 2.34. The topological polar surface area (TPSA) is 78.6 Å². The standard InChI is InChI=1S/C13H17NO4/c1-8(15)4-5-9-6-10(13(14)16)12(18-3)11(7-9)17-2/h6-7H,4-5H2,1-3H3,(H2,14,16). The van der Waals surface area contributed by atoms with Gasteiger partial charge in [-0.1, -0.05) is 0 Å². The second-order valence-corrected chi connectivity index (χ2v) is 3.95. The van der Waals surface area contributed by atoms with Gasteiger partial charge in [0.1, 0.15) is 5.78 Å². The Hall–Kier alpha value is -2.04. The van der Waals surface area contributed by atoms with Crippen molar-refractivity contribution in [3.63, 3.8) is 0 Å². The highest BCUT2D eigenvalue weighted by Gasteiger charge is 2.16. The highest BCUT2D eigenvalue weighted by atomic mass is 16.5. The second-order valence-electron chi connectivity index (χ2n) is 3.95. The van der Waals surface area contributed by atoms with Gasteiger partial charge in [0.15, 0.2) is 11.5 Å². The average molecular weight is 251 g/mol. The van der Waals surface area contributed by atoms with Crippen LogP contribution >= 0.6 is 0 Å². The molecule has 0 radical (unpaired) electrons. The molecule has 5 heteroatoms. The molecule has 0 bridgehead atoms. The molecular weight excluding hydrogens is 234 g/mol. The zero-order valence-corrected chi connectivity index (χ0v) is 10.8. The lowest BCUT2D eigenvalue weighted by molar-refractivity contribution is -0.116. The predicted molar refractivity (Wildman–Crippen MR) is 67.1 cm³/mol. The molecule has 0 saturated heterocycles. The number of nitrogens with two attached hydrogens (primary N) is 1. The van der Waals surface area contributed by atoms with Gasteiger partial charge in [0, 0.05) is 6.42 Å². The van der Waals surface area contributed by atoms with Crippen LogP contribution in [0.25, 0.3) is 0 Å². The number of hydrogen-bond acceptors (Lipinski definition) is 4. The van der Waals surface area contributed by atoms with E-state index in [0.29, 0.717) is 24.3 Å². The van der Waals surface area contributed by atoms with E-state index in [1.54, 1.807) is 12.1 Å². The summed E-state index contributed by atoms with van der Waals surface area (Å²) in [5.74, 6) is 0.254. The van der Waals surface area contributed by atoms with Gasteiger partial charge in [-0.15, -0.1) is 0 Å². The Bertz CT molecular complexity index is 468. The van der Waals surface area contributed by atoms with Crippen LogP contribution in [-0.2, 0) is 11.2 Å². The Morgan fingerprint density at radius 3 is 2.33 bits per heavy atom. The van der Waals surface area contributed by atoms with E-state index in [-0.39, 0.29) is 11.3 Å². The first-order valence-corrected chi connectivity index (χ1v) is 5.53. The number of carbonyl (C=O) groups is 2. The molecule has 0 saturated carbocycles. The summed E-state index contributed by atoms with van der Waals surface area (Å²) in [6.07, 6.45) is 0.948. The molecule has 0 heterocycles. The van der Waals surface area contributed by atoms with Crippen molar-refractivity contribution < 1.29 is 19.1 Å². The van der Waals surface area contributed by atoms with Gasteiger partial charge in [0.2, 0.25) is 0 Å². The predicted octanol–water partition coefficient (Wildman–Crippen LogP) is 1.32. The van der Waals surface area contributed by atoms with Crippen LogP contribution in [0.3, 0.4) is 0 Å². The number of carbonyl (C=O) groups excluding carboxylic acids is 2. The van der Waals surface area contributed by atoms with Gasteiger partial charge < -0.3 is 20.0 Å². The summed E-state index contributed by atoms with van der Waals surface area (Å²) in [4.78, 5) is 22.3. The first-order valence-electron chi connectivity index (χ1n) is 5.53. The summed E-state index contributed by atoms with van der Waals surface area (Å²) < 4.78 is 10.3. The summed E-state index contributed by atoms with van der Waals surface area (Å²) in [6.45, 7) is 1.52. The van der Waals surface area contributed by atoms with Crippen molar-refractivity contribution in [2.45, 2.75) is 19.8 Å². The molecule has 1 aromatic rings. The van der Waals surface area contributed by atoms with E-state index in [1.165, 1.54) is 21.1 Å². The normalized spacial score (nSPS) is 9.94. The second kappa shape index (κ2) is 6.05. The molecule has 1 aromatic carbocycles. The molecule has 0 aromatic heterocycles. The van der Waals surface area contributed by atoms with Crippen LogP contribution in [0.2, 0.25) is 0 Å². The highest BCUT2D eigenvalue weighted by Crippen LogP contribution is 2.32. The fourth-order valence-electron chi connectivity index (χ4n) is 1.67. The molecule has 0 unspecified atom stereocenters. The fraction of sp³-hybridized carbons (Fsp3) is 0.385. The van der Waals surface area contributed by atoms with Gasteiger partial charge in [-0.3, -0.25) is 4.79 Å². The maximum atomic E-state index is 11.4. The van der Waals surface area contributed by atoms with Crippen molar-refractivity contribution >= 4 is 11.7 Å². The SMILES string of the molecule is COc1cc(CCC(C)=O)cc(C(N)=O)c1OC. The number of Topliss-reactive ketones (excluding diaryl/α,β-unsaturated/α-hetero) is 1. The largest absolute Gasteiger partial charge is 0.493 e. The Morgan fingerprint density at radius 2 is 1.89 bits per heavy atom. The van der Waals surface area contributed by atoms with E-state index in [2.05, 4.69) is 0 Å². The number of benzene rings is 1. The third kappa shape index (κ3) is 3.23. The van der Waals surface area contributed by atoms with E-state index in [0.717, 1.165) is 5.56 Å². The van der Waals surface area contributed by atoms with Crippen LogP contribution < -0.4 is 15.2 Å². The van der Waals surface area contributed by atoms with Crippen molar-refractivity contribution in [3.8, 4) is 11.5 Å². The lowest BCUT2D eigenvalue weighted by Crippen LogP contribution is -2.13. The van der Waals surface area contributed by atoms with Crippen LogP contribution in [0.1, 0.15) is 29.3 Å². The highest BCUT2D eigenvalue weighted by molar-refractivity contribution is 5.96. The number of ether oxygens (including phenoxy) is 2. The maximum Gasteiger partial charge on any atom is 0.252 e. The molecule has 0 aliphatic heterocycles. The summed E-state index contributed by atoms with van der Waals surface area (Å²) in [7, 11) is 2.93. The Morgan fingerprint density at radius 1 is 1.22 bits per heavy atom. The van der Waals surface area contributed by atoms with Gasteiger partial charge in [-0.05, 0) is 31.0 Å². The monoisotopic (exact) mass is 251 g/mol. The summed E-state index contributed by atoms with van der Waals surface area (Å²) in [6, 6.07) is 3.38. The van der Waals surface area contributed by atoms with Crippen LogP contribution in [0.5, 0.6) is 11.5 Å². The Kier molecular flexibility index (Phi) is 4.71. The van der Waals surface area contributed by atoms with Crippen molar-refractivity contribution in [2.75, 3.05) is 14.2 Å². The molecule has 98 valence electrons. The van der Waals surface area contributed by atoms with Gasteiger partial charge >= 0.3 is 0 Å². The van der Waals surface area contributed by atoms with Crippen LogP contribution in [0.4, 0.5) is 0 Å². The minimum absolute atomic E-state index is 0.0883. The minimum Gasteiger partial charge on any atom is -0.493 e. The third-order valence-corrected chi connectivity index (χ3v) is 2.57. The maximum absolute atomic E-state index is 11.4. The molecule has 1 amide bonds. The smallest absolute Gasteiger partial charge is 0.252 e. The van der Waals surface area contributed by atoms with E-state index < -0.39 is 5.91 Å². The van der Waals surface area contributed by atoms with Gasteiger partial charge in [0.25, 0.3) is 5.91 Å². The number of amides is 1. The molecule has 18 heavy (non-hydrogen) atoms. The van der Waals surface area contributed by atoms with Gasteiger partial charge in [-0.2, -0.15) is 0 Å². The summed E-state index contributed by atoms with van der Waals surface area (Å²) >= 11 is 0. The van der Waals surface area contributed by atoms with Gasteiger partial charge in [0.05, 0.1) is 19.8 Å². The van der Waals surface area contributed by atoms with E-state index in [9.17, 15) is 9.59 Å². The molecule has 0 aliphatic rings. The first-order chi connectivity index (χ1) is 8.49. The molecule has 0 atom stereocenters. The number of aryl methyl sites for hydroxylation is 1. The number of ketones is 1. The number of methoxy groups -OCH3 is 2. The van der Waals surface area contributed by atoms with Gasteiger partial charge in [-0.25, -0.2) is 0 Å². The third-order valence-electron chi connectivity index (χ3n) is 2.57. The Balaban J connectivity index is 3.18. The molecule has 2 N–H and O–H groups in total. The quantitative estimate of drug-likeness (QED) is 0.827. The van der Waals surface area contributed by atoms with E-state index in [4.69, 9.17) is 15.2 Å². The number of rotatable bonds is 6. The molecule has 0 spiro atoms. The zero-order chi connectivity index (χ0) is 13.7. The molecule has 1 rings (SSSR count). The van der Waals surface area contributed by atoms with E-state index >= 15 is 0 Å². The van der Waals surface area contributed by atoms with Crippen molar-refractivity contribution in [2.24, 2.45) is 5.73 Å². The van der Waals surface area contributed by atoms with Crippen molar-refractivity contribution in [1.29, 1.82) is 0 Å². The first kappa shape index (κ1) is 14.0. The lowest BCUT2D eigenvalue weighted by Gasteiger charge is -2.13. The molecular formula is C13H17NO4. The zero-order valence-electron chi connectivity index (χ0n) is 10.8. The van der Waals surface area contributed by atoms with E-state index in [1.807, 2.05) is 0 Å². The van der Waals surface area contributed by atoms with Crippen LogP contribution in [-0.4, -0.2) is 25.9 Å². The van der Waals surface area contributed by atoms with Crippen LogP contribution in [0, 0.1) is 0 Å². The molecule has 0 aliphatic carbocycles. The summed E-state index contributed by atoms with van der Waals surface area (Å²) in [5, 5.41) is 0. The van der Waals surface area contributed by atoms with Crippen LogP contribution in [0.15, 0.2) is 12.1 Å². The minimum atomic E-state index is -0.588. The number of primary amides is 1.